The Balaban J connectivity index is 1.70. The number of halogens is 1. The summed E-state index contributed by atoms with van der Waals surface area (Å²) in [5.74, 6) is -1.46. The third-order valence-electron chi connectivity index (χ3n) is 8.08. The molecule has 0 aliphatic heterocycles. The monoisotopic (exact) mass is 593 g/mol. The highest BCUT2D eigenvalue weighted by Crippen LogP contribution is 2.27. The van der Waals surface area contributed by atoms with Gasteiger partial charge in [0.15, 0.2) is 0 Å². The average Bonchev–Trinajstić information content (AvgIpc) is 2.97. The van der Waals surface area contributed by atoms with Crippen molar-refractivity contribution < 1.29 is 22.4 Å². The van der Waals surface area contributed by atoms with Gasteiger partial charge in [-0.15, -0.1) is 0 Å². The standard InChI is InChI=1S/C33H40FN3O4S/c1-23-14-18-30(19-15-23)42(40,41)37(29-17-16-24(2)25(3)20-29)22-32(38)36(21-27-10-8-9-13-31(27)34)26(4)33(39)35-28-11-6-5-7-12-28/h8-10,13-20,26,28H,5-7,11-12,21-22H2,1-4H3,(H,35,39)/t26-/m0/s1. The van der Waals surface area contributed by atoms with Crippen LogP contribution >= 0.6 is 0 Å². The highest BCUT2D eigenvalue weighted by molar-refractivity contribution is 7.92. The second-order valence-corrected chi connectivity index (χ2v) is 13.1. The molecule has 7 nitrogen and oxygen atoms in total. The molecule has 2 amide bonds. The van der Waals surface area contributed by atoms with Gasteiger partial charge >= 0.3 is 0 Å². The van der Waals surface area contributed by atoms with Crippen LogP contribution in [-0.2, 0) is 26.2 Å². The first-order chi connectivity index (χ1) is 20.0. The van der Waals surface area contributed by atoms with Crippen molar-refractivity contribution in [2.24, 2.45) is 0 Å². The van der Waals surface area contributed by atoms with E-state index in [0.29, 0.717) is 5.69 Å². The van der Waals surface area contributed by atoms with Crippen molar-refractivity contribution in [1.29, 1.82) is 0 Å². The molecule has 0 saturated heterocycles. The molecule has 0 heterocycles. The minimum absolute atomic E-state index is 0.0214. The molecule has 1 atom stereocenters. The topological polar surface area (TPSA) is 86.8 Å². The third kappa shape index (κ3) is 7.37. The molecule has 3 aromatic carbocycles. The van der Waals surface area contributed by atoms with Gasteiger partial charge < -0.3 is 10.2 Å². The molecule has 42 heavy (non-hydrogen) atoms. The Hall–Kier alpha value is -3.72. The molecule has 1 aliphatic carbocycles. The molecule has 0 aromatic heterocycles. The molecule has 0 radical (unpaired) electrons. The number of hydrogen-bond donors (Lipinski definition) is 1. The largest absolute Gasteiger partial charge is 0.352 e. The molecule has 0 bridgehead atoms. The number of benzene rings is 3. The SMILES string of the molecule is Cc1ccc(S(=O)(=O)N(CC(=O)N(Cc2ccccc2F)[C@@H](C)C(=O)NC2CCCCC2)c2ccc(C)c(C)c2)cc1. The van der Waals surface area contributed by atoms with E-state index in [2.05, 4.69) is 5.32 Å². The molecule has 1 saturated carbocycles. The van der Waals surface area contributed by atoms with Crippen molar-refractivity contribution in [2.75, 3.05) is 10.8 Å². The number of anilines is 1. The van der Waals surface area contributed by atoms with Gasteiger partial charge in [0.2, 0.25) is 11.8 Å². The average molecular weight is 594 g/mol. The van der Waals surface area contributed by atoms with E-state index in [1.165, 1.54) is 23.1 Å². The van der Waals surface area contributed by atoms with Crippen LogP contribution in [0.5, 0.6) is 0 Å². The lowest BCUT2D eigenvalue weighted by atomic mass is 9.95. The normalized spacial score (nSPS) is 14.7. The van der Waals surface area contributed by atoms with E-state index in [-0.39, 0.29) is 29.0 Å². The fourth-order valence-corrected chi connectivity index (χ4v) is 6.61. The van der Waals surface area contributed by atoms with E-state index in [0.717, 1.165) is 53.1 Å². The van der Waals surface area contributed by atoms with Gasteiger partial charge in [-0.1, -0.05) is 61.2 Å². The predicted octanol–water partition coefficient (Wildman–Crippen LogP) is 5.81. The second-order valence-electron chi connectivity index (χ2n) is 11.2. The van der Waals surface area contributed by atoms with Crippen LogP contribution in [0.3, 0.4) is 0 Å². The molecular formula is C33H40FN3O4S. The predicted molar refractivity (Wildman–Crippen MR) is 163 cm³/mol. The lowest BCUT2D eigenvalue weighted by Gasteiger charge is -2.33. The fourth-order valence-electron chi connectivity index (χ4n) is 5.21. The van der Waals surface area contributed by atoms with Crippen LogP contribution in [0.2, 0.25) is 0 Å². The highest BCUT2D eigenvalue weighted by Gasteiger charge is 2.33. The maximum absolute atomic E-state index is 14.8. The van der Waals surface area contributed by atoms with E-state index < -0.39 is 34.3 Å². The minimum atomic E-state index is -4.17. The Labute approximate surface area is 248 Å². The van der Waals surface area contributed by atoms with Gasteiger partial charge in [0.1, 0.15) is 18.4 Å². The van der Waals surface area contributed by atoms with Crippen molar-refractivity contribution in [3.05, 3.63) is 94.8 Å². The van der Waals surface area contributed by atoms with Crippen LogP contribution in [0.15, 0.2) is 71.6 Å². The van der Waals surface area contributed by atoms with Gasteiger partial charge in [0.05, 0.1) is 10.6 Å². The molecule has 9 heteroatoms. The van der Waals surface area contributed by atoms with E-state index in [4.69, 9.17) is 0 Å². The third-order valence-corrected chi connectivity index (χ3v) is 9.87. The number of rotatable bonds is 10. The van der Waals surface area contributed by atoms with Crippen molar-refractivity contribution in [1.82, 2.24) is 10.2 Å². The summed E-state index contributed by atoms with van der Waals surface area (Å²) in [6, 6.07) is 16.8. The number of nitrogens with one attached hydrogen (secondary N) is 1. The summed E-state index contributed by atoms with van der Waals surface area (Å²) >= 11 is 0. The van der Waals surface area contributed by atoms with Crippen molar-refractivity contribution in [2.45, 2.75) is 83.3 Å². The number of carbonyl (C=O) groups excluding carboxylic acids is 2. The first-order valence-electron chi connectivity index (χ1n) is 14.5. The fraction of sp³-hybridized carbons (Fsp3) is 0.394. The summed E-state index contributed by atoms with van der Waals surface area (Å²) in [5, 5.41) is 3.06. The summed E-state index contributed by atoms with van der Waals surface area (Å²) in [7, 11) is -4.17. The Morgan fingerprint density at radius 1 is 0.929 bits per heavy atom. The van der Waals surface area contributed by atoms with Gasteiger partial charge in [0, 0.05) is 18.2 Å². The second kappa shape index (κ2) is 13.5. The van der Waals surface area contributed by atoms with Crippen LogP contribution in [0.25, 0.3) is 0 Å². The van der Waals surface area contributed by atoms with Crippen molar-refractivity contribution in [3.8, 4) is 0 Å². The summed E-state index contributed by atoms with van der Waals surface area (Å²) < 4.78 is 43.8. The van der Waals surface area contributed by atoms with E-state index in [9.17, 15) is 22.4 Å². The summed E-state index contributed by atoms with van der Waals surface area (Å²) in [6.45, 7) is 6.52. The zero-order valence-electron chi connectivity index (χ0n) is 24.8. The maximum atomic E-state index is 14.8. The number of sulfonamides is 1. The maximum Gasteiger partial charge on any atom is 0.264 e. The Kier molecular flexibility index (Phi) is 10.0. The first-order valence-corrected chi connectivity index (χ1v) is 15.9. The smallest absolute Gasteiger partial charge is 0.264 e. The van der Waals surface area contributed by atoms with Gasteiger partial charge in [0.25, 0.3) is 10.0 Å². The van der Waals surface area contributed by atoms with E-state index in [1.54, 1.807) is 49.4 Å². The van der Waals surface area contributed by atoms with Crippen molar-refractivity contribution >= 4 is 27.5 Å². The molecule has 1 N–H and O–H groups in total. The number of nitrogens with zero attached hydrogens (tertiary/aromatic N) is 2. The first kappa shape index (κ1) is 31.2. The molecule has 1 aliphatic rings. The van der Waals surface area contributed by atoms with E-state index in [1.807, 2.05) is 26.8 Å². The zero-order valence-corrected chi connectivity index (χ0v) is 25.6. The molecule has 3 aromatic rings. The molecule has 224 valence electrons. The van der Waals surface area contributed by atoms with Crippen LogP contribution in [-0.4, -0.2) is 43.8 Å². The summed E-state index contributed by atoms with van der Waals surface area (Å²) in [5.41, 5.74) is 3.32. The lowest BCUT2D eigenvalue weighted by molar-refractivity contribution is -0.139. The molecule has 0 unspecified atom stereocenters. The number of hydrogen-bond acceptors (Lipinski definition) is 4. The number of aryl methyl sites for hydroxylation is 3. The Morgan fingerprint density at radius 3 is 2.24 bits per heavy atom. The van der Waals surface area contributed by atoms with Crippen LogP contribution in [0.1, 0.15) is 61.3 Å². The van der Waals surface area contributed by atoms with E-state index >= 15 is 0 Å². The zero-order chi connectivity index (χ0) is 30.4. The number of amides is 2. The van der Waals surface area contributed by atoms with Crippen LogP contribution in [0.4, 0.5) is 10.1 Å². The Bertz CT molecular complexity index is 1520. The molecule has 1 fully saturated rings. The van der Waals surface area contributed by atoms with Crippen LogP contribution in [0, 0.1) is 26.6 Å². The highest BCUT2D eigenvalue weighted by atomic mass is 32.2. The number of carbonyl (C=O) groups is 2. The van der Waals surface area contributed by atoms with Crippen LogP contribution < -0.4 is 9.62 Å². The van der Waals surface area contributed by atoms with Gasteiger partial charge in [-0.25, -0.2) is 12.8 Å². The van der Waals surface area contributed by atoms with Gasteiger partial charge in [-0.05, 0) is 82.0 Å². The van der Waals surface area contributed by atoms with Gasteiger partial charge in [-0.3, -0.25) is 13.9 Å². The van der Waals surface area contributed by atoms with Crippen molar-refractivity contribution in [3.63, 3.8) is 0 Å². The molecular weight excluding hydrogens is 553 g/mol. The summed E-state index contributed by atoms with van der Waals surface area (Å²) in [6.07, 6.45) is 4.92. The lowest BCUT2D eigenvalue weighted by Crippen LogP contribution is -2.53. The Morgan fingerprint density at radius 2 is 1.60 bits per heavy atom. The quantitative estimate of drug-likeness (QED) is 0.321. The van der Waals surface area contributed by atoms with Gasteiger partial charge in [-0.2, -0.15) is 0 Å². The molecule has 0 spiro atoms. The molecule has 4 rings (SSSR count). The minimum Gasteiger partial charge on any atom is -0.352 e. The summed E-state index contributed by atoms with van der Waals surface area (Å²) in [4.78, 5) is 28.8.